The Hall–Kier alpha value is -3.72. The number of hydrazone groups is 1. The Kier molecular flexibility index (Phi) is 7.34. The Balaban J connectivity index is 1.89. The molecule has 0 atom stereocenters. The Morgan fingerprint density at radius 3 is 2.45 bits per heavy atom. The summed E-state index contributed by atoms with van der Waals surface area (Å²) in [5.41, 5.74) is 3.38. The molecule has 1 aromatic heterocycles. The molecule has 1 amide bonds. The lowest BCUT2D eigenvalue weighted by atomic mass is 10.3. The fraction of sp³-hybridized carbons (Fsp3) is 0.136. The summed E-state index contributed by atoms with van der Waals surface area (Å²) in [5, 5.41) is 3.90. The number of hydrogen-bond acceptors (Lipinski definition) is 6. The molecule has 0 radical (unpaired) electrons. The van der Waals surface area contributed by atoms with Crippen molar-refractivity contribution in [3.63, 3.8) is 0 Å². The number of nitrogens with zero attached hydrogens (tertiary/aromatic N) is 3. The maximum atomic E-state index is 13.4. The van der Waals surface area contributed by atoms with Gasteiger partial charge >= 0.3 is 0 Å². The van der Waals surface area contributed by atoms with Gasteiger partial charge in [0, 0.05) is 12.4 Å². The van der Waals surface area contributed by atoms with Crippen molar-refractivity contribution in [1.29, 1.82) is 0 Å². The van der Waals surface area contributed by atoms with Crippen LogP contribution in [0.15, 0.2) is 89.1 Å². The highest BCUT2D eigenvalue weighted by molar-refractivity contribution is 7.92. The lowest BCUT2D eigenvalue weighted by molar-refractivity contribution is -0.119. The summed E-state index contributed by atoms with van der Waals surface area (Å²) < 4.78 is 33.3. The van der Waals surface area contributed by atoms with Gasteiger partial charge in [0.05, 0.1) is 23.4 Å². The van der Waals surface area contributed by atoms with Gasteiger partial charge in [0.15, 0.2) is 0 Å². The highest BCUT2D eigenvalue weighted by atomic mass is 32.2. The number of anilines is 1. The molecule has 0 aliphatic rings. The van der Waals surface area contributed by atoms with Crippen LogP contribution in [0.25, 0.3) is 0 Å². The van der Waals surface area contributed by atoms with E-state index in [4.69, 9.17) is 4.74 Å². The maximum Gasteiger partial charge on any atom is 0.264 e. The van der Waals surface area contributed by atoms with Gasteiger partial charge in [0.2, 0.25) is 0 Å². The number of sulfonamides is 1. The van der Waals surface area contributed by atoms with E-state index >= 15 is 0 Å². The van der Waals surface area contributed by atoms with Crippen molar-refractivity contribution in [1.82, 2.24) is 10.4 Å². The summed E-state index contributed by atoms with van der Waals surface area (Å²) in [4.78, 5) is 16.6. The van der Waals surface area contributed by atoms with Crippen LogP contribution < -0.4 is 14.5 Å². The summed E-state index contributed by atoms with van der Waals surface area (Å²) in [6.45, 7) is 1.67. The van der Waals surface area contributed by atoms with Gasteiger partial charge in [-0.3, -0.25) is 14.1 Å². The van der Waals surface area contributed by atoms with Crippen molar-refractivity contribution < 1.29 is 17.9 Å². The third-order valence-corrected chi connectivity index (χ3v) is 5.94. The number of carbonyl (C=O) groups excluding carboxylic acids is 1. The minimum Gasteiger partial charge on any atom is -0.492 e. The second-order valence-electron chi connectivity index (χ2n) is 6.30. The zero-order valence-corrected chi connectivity index (χ0v) is 17.7. The van der Waals surface area contributed by atoms with Gasteiger partial charge in [0.1, 0.15) is 12.3 Å². The van der Waals surface area contributed by atoms with E-state index in [1.165, 1.54) is 18.3 Å². The first-order valence-corrected chi connectivity index (χ1v) is 11.0. The number of benzene rings is 2. The van der Waals surface area contributed by atoms with E-state index < -0.39 is 22.5 Å². The molecule has 9 heteroatoms. The summed E-state index contributed by atoms with van der Waals surface area (Å²) in [5.74, 6) is -0.242. The molecule has 0 saturated carbocycles. The first-order chi connectivity index (χ1) is 15.0. The van der Waals surface area contributed by atoms with E-state index in [1.54, 1.807) is 73.9 Å². The van der Waals surface area contributed by atoms with E-state index in [0.29, 0.717) is 12.4 Å². The van der Waals surface area contributed by atoms with Crippen LogP contribution >= 0.6 is 0 Å². The number of amides is 1. The van der Waals surface area contributed by atoms with Crippen LogP contribution in [0.3, 0.4) is 0 Å². The molecule has 160 valence electrons. The highest BCUT2D eigenvalue weighted by Gasteiger charge is 2.29. The number of aromatic nitrogens is 1. The van der Waals surface area contributed by atoms with E-state index in [1.807, 2.05) is 0 Å². The molecule has 0 saturated heterocycles. The normalized spacial score (nSPS) is 11.3. The number of ether oxygens (including phenoxy) is 1. The number of rotatable bonds is 9. The van der Waals surface area contributed by atoms with Crippen LogP contribution in [-0.2, 0) is 14.8 Å². The van der Waals surface area contributed by atoms with Gasteiger partial charge in [0.25, 0.3) is 15.9 Å². The maximum absolute atomic E-state index is 13.4. The highest BCUT2D eigenvalue weighted by Crippen LogP contribution is 2.32. The van der Waals surface area contributed by atoms with Crippen molar-refractivity contribution in [3.8, 4) is 5.75 Å². The Morgan fingerprint density at radius 2 is 1.74 bits per heavy atom. The van der Waals surface area contributed by atoms with Gasteiger partial charge in [-0.2, -0.15) is 5.10 Å². The molecule has 31 heavy (non-hydrogen) atoms. The third kappa shape index (κ3) is 5.67. The molecule has 3 rings (SSSR count). The van der Waals surface area contributed by atoms with Crippen molar-refractivity contribution in [2.24, 2.45) is 5.10 Å². The summed E-state index contributed by atoms with van der Waals surface area (Å²) in [7, 11) is -4.03. The minimum absolute atomic E-state index is 0.0642. The SMILES string of the molecule is CCOc1ccccc1N(CC(=O)N/N=C/c1ccncc1)S(=O)(=O)c1ccccc1. The minimum atomic E-state index is -4.03. The van der Waals surface area contributed by atoms with Gasteiger partial charge in [-0.1, -0.05) is 30.3 Å². The quantitative estimate of drug-likeness (QED) is 0.409. The van der Waals surface area contributed by atoms with E-state index in [-0.39, 0.29) is 10.6 Å². The molecule has 1 N–H and O–H groups in total. The Labute approximate surface area is 181 Å². The molecule has 0 unspecified atom stereocenters. The van der Waals surface area contributed by atoms with E-state index in [0.717, 1.165) is 9.87 Å². The van der Waals surface area contributed by atoms with Crippen molar-refractivity contribution >= 4 is 27.8 Å². The van der Waals surface area contributed by atoms with Crippen molar-refractivity contribution in [2.45, 2.75) is 11.8 Å². The number of pyridine rings is 1. The largest absolute Gasteiger partial charge is 0.492 e. The fourth-order valence-corrected chi connectivity index (χ4v) is 4.21. The smallest absolute Gasteiger partial charge is 0.264 e. The lowest BCUT2D eigenvalue weighted by Gasteiger charge is -2.25. The molecule has 0 bridgehead atoms. The van der Waals surface area contributed by atoms with E-state index in [9.17, 15) is 13.2 Å². The van der Waals surface area contributed by atoms with E-state index in [2.05, 4.69) is 15.5 Å². The zero-order valence-electron chi connectivity index (χ0n) is 16.9. The van der Waals surface area contributed by atoms with Gasteiger partial charge in [-0.15, -0.1) is 0 Å². The molecule has 0 spiro atoms. The van der Waals surface area contributed by atoms with Crippen LogP contribution in [-0.4, -0.2) is 38.7 Å². The van der Waals surface area contributed by atoms with Crippen LogP contribution in [0.2, 0.25) is 0 Å². The average molecular weight is 439 g/mol. The standard InChI is InChI=1S/C22H22N4O4S/c1-2-30-21-11-7-6-10-20(21)26(31(28,29)19-8-4-3-5-9-19)17-22(27)25-24-16-18-12-14-23-15-13-18/h3-16H,2,17H2,1H3,(H,25,27)/b24-16+. The third-order valence-electron chi connectivity index (χ3n) is 4.16. The molecule has 8 nitrogen and oxygen atoms in total. The Morgan fingerprint density at radius 1 is 1.06 bits per heavy atom. The lowest BCUT2D eigenvalue weighted by Crippen LogP contribution is -2.39. The molecule has 2 aromatic carbocycles. The average Bonchev–Trinajstić information content (AvgIpc) is 2.79. The van der Waals surface area contributed by atoms with Gasteiger partial charge in [-0.05, 0) is 48.9 Å². The topological polar surface area (TPSA) is 101 Å². The number of carbonyl (C=O) groups is 1. The summed E-state index contributed by atoms with van der Waals surface area (Å²) in [6.07, 6.45) is 4.65. The fourth-order valence-electron chi connectivity index (χ4n) is 2.75. The second kappa shape index (κ2) is 10.4. The molecule has 0 aliphatic carbocycles. The second-order valence-corrected chi connectivity index (χ2v) is 8.16. The molecule has 3 aromatic rings. The van der Waals surface area contributed by atoms with Crippen molar-refractivity contribution in [2.75, 3.05) is 17.5 Å². The molecular weight excluding hydrogens is 416 g/mol. The van der Waals surface area contributed by atoms with Crippen molar-refractivity contribution in [3.05, 3.63) is 84.7 Å². The molecule has 1 heterocycles. The Bertz CT molecular complexity index is 1140. The summed E-state index contributed by atoms with van der Waals surface area (Å²) in [6, 6.07) is 18.0. The first kappa shape index (κ1) is 22.0. The molecular formula is C22H22N4O4S. The number of hydrogen-bond donors (Lipinski definition) is 1. The van der Waals surface area contributed by atoms with Crippen LogP contribution in [0, 0.1) is 0 Å². The first-order valence-electron chi connectivity index (χ1n) is 9.54. The van der Waals surface area contributed by atoms with Crippen LogP contribution in [0.5, 0.6) is 5.75 Å². The molecule has 0 fully saturated rings. The summed E-state index contributed by atoms with van der Waals surface area (Å²) >= 11 is 0. The number of nitrogens with one attached hydrogen (secondary N) is 1. The monoisotopic (exact) mass is 438 g/mol. The van der Waals surface area contributed by atoms with Gasteiger partial charge in [-0.25, -0.2) is 13.8 Å². The predicted molar refractivity (Wildman–Crippen MR) is 119 cm³/mol. The molecule has 0 aliphatic heterocycles. The van der Waals surface area contributed by atoms with Crippen LogP contribution in [0.1, 0.15) is 12.5 Å². The predicted octanol–water partition coefficient (Wildman–Crippen LogP) is 2.83. The van der Waals surface area contributed by atoms with Crippen LogP contribution in [0.4, 0.5) is 5.69 Å². The number of para-hydroxylation sites is 2. The zero-order chi connectivity index (χ0) is 22.1. The van der Waals surface area contributed by atoms with Gasteiger partial charge < -0.3 is 4.74 Å².